The SMILES string of the molecule is C=C1/C(=C\C=C2/CCCC3(C)C2CCC3[C@H](C)CCCC(C)(C)O)CCC[C@@H]1O.OCCCO. The van der Waals surface area contributed by atoms with Crippen LogP contribution in [0.2, 0.25) is 0 Å². The van der Waals surface area contributed by atoms with E-state index < -0.39 is 5.60 Å². The highest BCUT2D eigenvalue weighted by atomic mass is 16.3. The number of hydrogen-bond donors (Lipinski definition) is 4. The summed E-state index contributed by atoms with van der Waals surface area (Å²) in [4.78, 5) is 0. The predicted molar refractivity (Wildman–Crippen MR) is 141 cm³/mol. The van der Waals surface area contributed by atoms with E-state index in [1.165, 1.54) is 44.1 Å². The third kappa shape index (κ3) is 8.05. The molecule has 5 atom stereocenters. The number of rotatable bonds is 8. The second-order valence-corrected chi connectivity index (χ2v) is 11.9. The lowest BCUT2D eigenvalue weighted by Crippen LogP contribution is -2.36. The molecule has 0 bridgehead atoms. The van der Waals surface area contributed by atoms with Gasteiger partial charge in [0.2, 0.25) is 0 Å². The van der Waals surface area contributed by atoms with E-state index >= 15 is 0 Å². The van der Waals surface area contributed by atoms with Gasteiger partial charge in [0, 0.05) is 13.2 Å². The van der Waals surface area contributed by atoms with E-state index in [9.17, 15) is 10.2 Å². The fraction of sp³-hybridized carbons (Fsp3) is 0.800. The summed E-state index contributed by atoms with van der Waals surface area (Å²) in [5, 5.41) is 36.0. The summed E-state index contributed by atoms with van der Waals surface area (Å²) in [6, 6.07) is 0. The molecule has 3 rings (SSSR count). The Morgan fingerprint density at radius 2 is 1.76 bits per heavy atom. The first-order valence-corrected chi connectivity index (χ1v) is 13.7. The molecule has 0 aromatic heterocycles. The lowest BCUT2D eigenvalue weighted by atomic mass is 9.60. The van der Waals surface area contributed by atoms with Crippen LogP contribution in [-0.4, -0.2) is 45.3 Å². The summed E-state index contributed by atoms with van der Waals surface area (Å²) in [7, 11) is 0. The van der Waals surface area contributed by atoms with E-state index in [0.29, 0.717) is 11.8 Å². The molecule has 196 valence electrons. The van der Waals surface area contributed by atoms with E-state index in [2.05, 4.69) is 32.6 Å². The van der Waals surface area contributed by atoms with Crippen LogP contribution in [0, 0.1) is 23.2 Å². The summed E-state index contributed by atoms with van der Waals surface area (Å²) in [5.74, 6) is 2.26. The number of allylic oxidation sites excluding steroid dienone is 3. The predicted octanol–water partition coefficient (Wildman–Crippen LogP) is 6.10. The first-order chi connectivity index (χ1) is 16.0. The Balaban J connectivity index is 0.000000739. The Morgan fingerprint density at radius 3 is 2.38 bits per heavy atom. The Labute approximate surface area is 208 Å². The molecule has 4 heteroatoms. The summed E-state index contributed by atoms with van der Waals surface area (Å²) in [6.07, 6.45) is 17.7. The normalized spacial score (nSPS) is 32.9. The minimum atomic E-state index is -0.535. The monoisotopic (exact) mass is 476 g/mol. The fourth-order valence-electron chi connectivity index (χ4n) is 6.78. The van der Waals surface area contributed by atoms with Crippen LogP contribution in [0.1, 0.15) is 105 Å². The molecule has 0 amide bonds. The van der Waals surface area contributed by atoms with Crippen molar-refractivity contribution in [3.05, 3.63) is 35.5 Å². The van der Waals surface area contributed by atoms with Gasteiger partial charge in [0.25, 0.3) is 0 Å². The van der Waals surface area contributed by atoms with E-state index in [0.717, 1.165) is 55.4 Å². The zero-order valence-corrected chi connectivity index (χ0v) is 22.4. The lowest BCUT2D eigenvalue weighted by molar-refractivity contribution is 0.0596. The summed E-state index contributed by atoms with van der Waals surface area (Å²) >= 11 is 0. The van der Waals surface area contributed by atoms with Crippen molar-refractivity contribution in [2.45, 2.75) is 116 Å². The molecule has 0 spiro atoms. The molecule has 3 fully saturated rings. The fourth-order valence-corrected chi connectivity index (χ4v) is 6.78. The molecule has 0 saturated heterocycles. The molecule has 4 nitrogen and oxygen atoms in total. The van der Waals surface area contributed by atoms with Crippen LogP contribution < -0.4 is 0 Å². The second-order valence-electron chi connectivity index (χ2n) is 11.9. The first-order valence-electron chi connectivity index (χ1n) is 13.7. The first kappa shape index (κ1) is 29.3. The van der Waals surface area contributed by atoms with E-state index in [4.69, 9.17) is 10.2 Å². The van der Waals surface area contributed by atoms with Crippen molar-refractivity contribution in [2.75, 3.05) is 13.2 Å². The van der Waals surface area contributed by atoms with Gasteiger partial charge in [-0.2, -0.15) is 0 Å². The number of fused-ring (bicyclic) bond motifs is 1. The number of hydrogen-bond acceptors (Lipinski definition) is 4. The zero-order valence-electron chi connectivity index (χ0n) is 22.4. The highest BCUT2D eigenvalue weighted by Gasteiger charge is 2.50. The third-order valence-electron chi connectivity index (χ3n) is 8.73. The van der Waals surface area contributed by atoms with Crippen molar-refractivity contribution < 1.29 is 20.4 Å². The molecule has 3 unspecified atom stereocenters. The summed E-state index contributed by atoms with van der Waals surface area (Å²) in [6.45, 7) is 13.2. The Hall–Kier alpha value is -0.940. The highest BCUT2D eigenvalue weighted by Crippen LogP contribution is 2.60. The van der Waals surface area contributed by atoms with Gasteiger partial charge in [-0.1, -0.05) is 51.0 Å². The van der Waals surface area contributed by atoms with Gasteiger partial charge in [-0.15, -0.1) is 0 Å². The maximum absolute atomic E-state index is 10.1. The largest absolute Gasteiger partial charge is 0.396 e. The van der Waals surface area contributed by atoms with Gasteiger partial charge in [-0.25, -0.2) is 0 Å². The van der Waals surface area contributed by atoms with Crippen molar-refractivity contribution in [3.63, 3.8) is 0 Å². The van der Waals surface area contributed by atoms with Gasteiger partial charge in [-0.05, 0) is 112 Å². The topological polar surface area (TPSA) is 80.9 Å². The summed E-state index contributed by atoms with van der Waals surface area (Å²) in [5.41, 5.74) is 3.74. The van der Waals surface area contributed by atoms with Crippen LogP contribution in [0.5, 0.6) is 0 Å². The minimum absolute atomic E-state index is 0.0938. The van der Waals surface area contributed by atoms with Crippen LogP contribution in [0.4, 0.5) is 0 Å². The number of aliphatic hydroxyl groups is 4. The smallest absolute Gasteiger partial charge is 0.0787 e. The van der Waals surface area contributed by atoms with Crippen LogP contribution >= 0.6 is 0 Å². The minimum Gasteiger partial charge on any atom is -0.396 e. The maximum Gasteiger partial charge on any atom is 0.0787 e. The van der Waals surface area contributed by atoms with E-state index in [-0.39, 0.29) is 19.3 Å². The van der Waals surface area contributed by atoms with Crippen molar-refractivity contribution >= 4 is 0 Å². The molecule has 0 aliphatic heterocycles. The Morgan fingerprint density at radius 1 is 1.06 bits per heavy atom. The van der Waals surface area contributed by atoms with Crippen molar-refractivity contribution in [3.8, 4) is 0 Å². The van der Waals surface area contributed by atoms with E-state index in [1.54, 1.807) is 5.57 Å². The van der Waals surface area contributed by atoms with Gasteiger partial charge in [0.05, 0.1) is 11.7 Å². The molecular weight excluding hydrogens is 424 g/mol. The lowest BCUT2D eigenvalue weighted by Gasteiger charge is -2.44. The van der Waals surface area contributed by atoms with Crippen molar-refractivity contribution in [1.82, 2.24) is 0 Å². The Bertz CT molecular complexity index is 699. The van der Waals surface area contributed by atoms with Crippen molar-refractivity contribution in [2.24, 2.45) is 23.2 Å². The van der Waals surface area contributed by atoms with Gasteiger partial charge >= 0.3 is 0 Å². The summed E-state index contributed by atoms with van der Waals surface area (Å²) < 4.78 is 0. The highest BCUT2D eigenvalue weighted by molar-refractivity contribution is 5.37. The third-order valence-corrected chi connectivity index (χ3v) is 8.73. The molecule has 34 heavy (non-hydrogen) atoms. The molecule has 3 saturated carbocycles. The Kier molecular flexibility index (Phi) is 11.5. The van der Waals surface area contributed by atoms with Gasteiger partial charge in [0.1, 0.15) is 0 Å². The zero-order chi connectivity index (χ0) is 25.4. The molecule has 3 aliphatic carbocycles. The average Bonchev–Trinajstić information content (AvgIpc) is 3.12. The molecule has 0 heterocycles. The van der Waals surface area contributed by atoms with Crippen LogP contribution in [0.25, 0.3) is 0 Å². The number of aliphatic hydroxyl groups excluding tert-OH is 3. The standard InChI is InChI=1S/C27H44O2.C3H8O2/c1-19(9-7-17-26(3,4)29)23-15-16-24-22(11-8-18-27(23,24)5)14-13-21-10-6-12-25(28)20(21)2;4-2-1-3-5/h13-14,19,23-25,28-29H,2,6-12,15-18H2,1,3-5H3;4-5H,1-3H2/b21-13-,22-14+;/t19-,23?,24?,25+,27?;/m1./s1. The van der Waals surface area contributed by atoms with Gasteiger partial charge in [-0.3, -0.25) is 0 Å². The quantitative estimate of drug-likeness (QED) is 0.341. The van der Waals surface area contributed by atoms with Gasteiger partial charge < -0.3 is 20.4 Å². The van der Waals surface area contributed by atoms with Crippen LogP contribution in [0.3, 0.4) is 0 Å². The van der Waals surface area contributed by atoms with E-state index in [1.807, 2.05) is 13.8 Å². The molecular formula is C30H52O4. The maximum atomic E-state index is 10.1. The van der Waals surface area contributed by atoms with Crippen LogP contribution in [0.15, 0.2) is 35.5 Å². The molecule has 4 N–H and O–H groups in total. The van der Waals surface area contributed by atoms with Crippen LogP contribution in [-0.2, 0) is 0 Å². The average molecular weight is 477 g/mol. The van der Waals surface area contributed by atoms with Crippen molar-refractivity contribution in [1.29, 1.82) is 0 Å². The van der Waals surface area contributed by atoms with Gasteiger partial charge in [0.15, 0.2) is 0 Å². The molecule has 0 aromatic carbocycles. The molecule has 3 aliphatic rings. The molecule has 0 aromatic rings. The second kappa shape index (κ2) is 13.4. The molecule has 0 radical (unpaired) electrons.